The Morgan fingerprint density at radius 3 is 2.29 bits per heavy atom. The highest BCUT2D eigenvalue weighted by Gasteiger charge is 2.31. The van der Waals surface area contributed by atoms with Crippen LogP contribution in [0.5, 0.6) is 0 Å². The number of benzene rings is 5. The maximum atomic E-state index is 5.31. The molecule has 0 fully saturated rings. The van der Waals surface area contributed by atoms with E-state index in [0.29, 0.717) is 0 Å². The summed E-state index contributed by atoms with van der Waals surface area (Å²) in [4.78, 5) is 9.92. The normalized spacial score (nSPS) is 12.8. The molecule has 1 aliphatic carbocycles. The van der Waals surface area contributed by atoms with E-state index in [-0.39, 0.29) is 0 Å². The van der Waals surface area contributed by atoms with Crippen LogP contribution in [0.4, 0.5) is 0 Å². The van der Waals surface area contributed by atoms with Crippen molar-refractivity contribution in [2.45, 2.75) is 6.42 Å². The lowest BCUT2D eigenvalue weighted by atomic mass is 9.92. The second kappa shape index (κ2) is 7.58. The van der Waals surface area contributed by atoms with Gasteiger partial charge >= 0.3 is 0 Å². The van der Waals surface area contributed by atoms with Gasteiger partial charge in [-0.25, -0.2) is 4.98 Å². The summed E-state index contributed by atoms with van der Waals surface area (Å²) in [6.45, 7) is 0. The molecule has 0 atom stereocenters. The van der Waals surface area contributed by atoms with Crippen LogP contribution in [0.3, 0.4) is 0 Å². The number of rotatable bonds is 1. The number of nitrogens with zero attached hydrogens (tertiary/aromatic N) is 4. The van der Waals surface area contributed by atoms with Crippen molar-refractivity contribution in [3.05, 3.63) is 133 Å². The predicted octanol–water partition coefficient (Wildman–Crippen LogP) is 8.86. The highest BCUT2D eigenvalue weighted by Crippen LogP contribution is 2.52. The monoisotopic (exact) mass is 522 g/mol. The van der Waals surface area contributed by atoms with Crippen LogP contribution in [0.15, 0.2) is 122 Å². The second-order valence-corrected chi connectivity index (χ2v) is 11.0. The molecule has 190 valence electrons. The van der Waals surface area contributed by atoms with Crippen molar-refractivity contribution in [3.8, 4) is 16.8 Å². The Labute approximate surface area is 234 Å². The summed E-state index contributed by atoms with van der Waals surface area (Å²) in [7, 11) is 0. The van der Waals surface area contributed by atoms with E-state index in [2.05, 4.69) is 123 Å². The van der Waals surface area contributed by atoms with Crippen LogP contribution in [0, 0.1) is 0 Å². The fourth-order valence-corrected chi connectivity index (χ4v) is 7.42. The number of pyridine rings is 2. The molecule has 0 N–H and O–H groups in total. The van der Waals surface area contributed by atoms with Gasteiger partial charge in [-0.15, -0.1) is 0 Å². The molecule has 0 saturated carbocycles. The Morgan fingerprint density at radius 2 is 1.37 bits per heavy atom. The van der Waals surface area contributed by atoms with Crippen molar-refractivity contribution in [1.29, 1.82) is 0 Å². The maximum Gasteiger partial charge on any atom is 0.146 e. The van der Waals surface area contributed by atoms with Gasteiger partial charge in [0.05, 0.1) is 33.8 Å². The molecule has 10 rings (SSSR count). The molecule has 4 aromatic heterocycles. The highest BCUT2D eigenvalue weighted by molar-refractivity contribution is 6.34. The van der Waals surface area contributed by atoms with E-state index in [0.717, 1.165) is 28.6 Å². The lowest BCUT2D eigenvalue weighted by Gasteiger charge is -2.16. The van der Waals surface area contributed by atoms with E-state index in [4.69, 9.17) is 4.98 Å². The topological polar surface area (TPSA) is 35.1 Å². The number of hydrogen-bond acceptors (Lipinski definition) is 2. The van der Waals surface area contributed by atoms with Crippen LogP contribution in [0.2, 0.25) is 0 Å². The number of para-hydroxylation sites is 4. The third-order valence-corrected chi connectivity index (χ3v) is 8.98. The van der Waals surface area contributed by atoms with E-state index in [1.54, 1.807) is 0 Å². The van der Waals surface area contributed by atoms with Gasteiger partial charge in [0.15, 0.2) is 0 Å². The Hall–Kier alpha value is -5.48. The minimum atomic E-state index is 0.879. The van der Waals surface area contributed by atoms with Gasteiger partial charge in [-0.3, -0.25) is 9.38 Å². The molecule has 41 heavy (non-hydrogen) atoms. The first-order chi connectivity index (χ1) is 20.4. The van der Waals surface area contributed by atoms with E-state index in [9.17, 15) is 0 Å². The van der Waals surface area contributed by atoms with E-state index in [1.165, 1.54) is 65.9 Å². The molecule has 0 amide bonds. The van der Waals surface area contributed by atoms with Gasteiger partial charge in [-0.2, -0.15) is 0 Å². The van der Waals surface area contributed by atoms with Gasteiger partial charge in [0, 0.05) is 44.4 Å². The zero-order valence-electron chi connectivity index (χ0n) is 22.0. The molecule has 5 aromatic carbocycles. The number of fused-ring (bicyclic) bond motifs is 17. The van der Waals surface area contributed by atoms with Crippen LogP contribution in [0.1, 0.15) is 11.1 Å². The van der Waals surface area contributed by atoms with Gasteiger partial charge in [-0.05, 0) is 59.5 Å². The van der Waals surface area contributed by atoms with Gasteiger partial charge in [0.25, 0.3) is 0 Å². The first kappa shape index (κ1) is 21.4. The van der Waals surface area contributed by atoms with Crippen LogP contribution < -0.4 is 0 Å². The van der Waals surface area contributed by atoms with Crippen molar-refractivity contribution in [2.24, 2.45) is 0 Å². The second-order valence-electron chi connectivity index (χ2n) is 11.0. The van der Waals surface area contributed by atoms with Crippen molar-refractivity contribution in [2.75, 3.05) is 0 Å². The summed E-state index contributed by atoms with van der Waals surface area (Å²) in [5, 5.41) is 6.24. The molecule has 1 aliphatic rings. The fourth-order valence-electron chi connectivity index (χ4n) is 7.42. The van der Waals surface area contributed by atoms with Crippen LogP contribution >= 0.6 is 0 Å². The number of aromatic nitrogens is 4. The Balaban J connectivity index is 1.60. The quantitative estimate of drug-likeness (QED) is 0.202. The minimum absolute atomic E-state index is 0.879. The largest absolute Gasteiger partial charge is 0.309 e. The summed E-state index contributed by atoms with van der Waals surface area (Å²) in [5.74, 6) is 0. The molecule has 4 heterocycles. The average molecular weight is 523 g/mol. The summed E-state index contributed by atoms with van der Waals surface area (Å²) < 4.78 is 4.80. The van der Waals surface area contributed by atoms with Crippen molar-refractivity contribution in [3.63, 3.8) is 0 Å². The Bertz CT molecular complexity index is 2550. The zero-order valence-corrected chi connectivity index (χ0v) is 22.0. The van der Waals surface area contributed by atoms with Crippen molar-refractivity contribution in [1.82, 2.24) is 18.9 Å². The van der Waals surface area contributed by atoms with Gasteiger partial charge in [0.2, 0.25) is 0 Å². The van der Waals surface area contributed by atoms with Gasteiger partial charge < -0.3 is 4.57 Å². The van der Waals surface area contributed by atoms with E-state index < -0.39 is 0 Å². The predicted molar refractivity (Wildman–Crippen MR) is 168 cm³/mol. The number of hydrogen-bond donors (Lipinski definition) is 0. The smallest absolute Gasteiger partial charge is 0.146 e. The molecular formula is C37H22N4. The Kier molecular flexibility index (Phi) is 3.95. The SMILES string of the molecule is c1ccc(-n2c3ccccc3c3c4c5ccncc5n5c6ccccc6nc5c4c4c(c32)-c2ccccc2C4)cc1. The van der Waals surface area contributed by atoms with Crippen LogP contribution in [-0.4, -0.2) is 18.9 Å². The molecule has 4 nitrogen and oxygen atoms in total. The summed E-state index contributed by atoms with van der Waals surface area (Å²) in [6.07, 6.45) is 4.81. The summed E-state index contributed by atoms with van der Waals surface area (Å²) in [6, 6.07) is 39.2. The van der Waals surface area contributed by atoms with Crippen molar-refractivity contribution < 1.29 is 0 Å². The summed E-state index contributed by atoms with van der Waals surface area (Å²) >= 11 is 0. The lowest BCUT2D eigenvalue weighted by Crippen LogP contribution is -1.99. The molecule has 9 aromatic rings. The average Bonchev–Trinajstić information content (AvgIpc) is 3.71. The van der Waals surface area contributed by atoms with E-state index in [1.807, 2.05) is 12.4 Å². The number of imidazole rings is 1. The lowest BCUT2D eigenvalue weighted by molar-refractivity contribution is 1.18. The minimum Gasteiger partial charge on any atom is -0.309 e. The third-order valence-electron chi connectivity index (χ3n) is 8.98. The first-order valence-corrected chi connectivity index (χ1v) is 14.1. The molecule has 0 saturated heterocycles. The molecule has 0 bridgehead atoms. The third kappa shape index (κ3) is 2.60. The van der Waals surface area contributed by atoms with Crippen LogP contribution in [0.25, 0.3) is 77.0 Å². The molecule has 0 radical (unpaired) electrons. The van der Waals surface area contributed by atoms with Gasteiger partial charge in [0.1, 0.15) is 5.65 Å². The molecule has 0 spiro atoms. The van der Waals surface area contributed by atoms with Crippen LogP contribution in [-0.2, 0) is 6.42 Å². The van der Waals surface area contributed by atoms with Gasteiger partial charge in [-0.1, -0.05) is 72.8 Å². The Morgan fingerprint density at radius 1 is 0.610 bits per heavy atom. The van der Waals surface area contributed by atoms with Crippen molar-refractivity contribution >= 4 is 60.2 Å². The molecular weight excluding hydrogens is 500 g/mol. The maximum absolute atomic E-state index is 5.31. The standard InChI is InChI=1S/C37H22N4/c1-2-11-23(12-3-1)40-29-16-8-6-14-25(29)34-33-26-18-19-38-21-31(26)41-30-17-9-7-15-28(30)39-37(41)35(33)27-20-22-10-4-5-13-24(22)32(27)36(34)40/h1-19,21H,20H2. The molecule has 0 aliphatic heterocycles. The zero-order chi connectivity index (χ0) is 26.7. The molecule has 4 heteroatoms. The fraction of sp³-hybridized carbons (Fsp3) is 0.0270. The highest BCUT2D eigenvalue weighted by atomic mass is 15.0. The molecule has 0 unspecified atom stereocenters. The van der Waals surface area contributed by atoms with E-state index >= 15 is 0 Å². The first-order valence-electron chi connectivity index (χ1n) is 14.1. The summed E-state index contributed by atoms with van der Waals surface area (Å²) in [5.41, 5.74) is 13.2.